The molecule has 0 fully saturated rings. The monoisotopic (exact) mass is 454 g/mol. The number of aryl methyl sites for hydroxylation is 2. The van der Waals surface area contributed by atoms with Gasteiger partial charge in [0.1, 0.15) is 5.75 Å². The van der Waals surface area contributed by atoms with E-state index in [9.17, 15) is 14.7 Å². The second kappa shape index (κ2) is 8.74. The summed E-state index contributed by atoms with van der Waals surface area (Å²) in [5.41, 5.74) is 4.85. The van der Waals surface area contributed by atoms with Gasteiger partial charge in [0.2, 0.25) is 5.91 Å². The second-order valence-electron chi connectivity index (χ2n) is 8.25. The quantitative estimate of drug-likeness (QED) is 0.374. The zero-order valence-corrected chi connectivity index (χ0v) is 19.2. The molecule has 0 spiro atoms. The molecular weight excluding hydrogens is 428 g/mol. The number of carbonyl (C=O) groups is 2. The number of phenols is 1. The highest BCUT2D eigenvalue weighted by atomic mass is 35.5. The highest BCUT2D eigenvalue weighted by Gasteiger charge is 2.34. The van der Waals surface area contributed by atoms with Crippen LogP contribution in [0.4, 0.5) is 11.4 Å². The van der Waals surface area contributed by atoms with Crippen molar-refractivity contribution in [3.05, 3.63) is 47.4 Å². The number of aromatic nitrogens is 2. The number of aromatic amines is 1. The Morgan fingerprint density at radius 2 is 2.16 bits per heavy atom. The van der Waals surface area contributed by atoms with Crippen molar-refractivity contribution in [2.75, 3.05) is 22.6 Å². The maximum atomic E-state index is 13.1. The van der Waals surface area contributed by atoms with E-state index in [-0.39, 0.29) is 23.5 Å². The van der Waals surface area contributed by atoms with Gasteiger partial charge in [0.05, 0.1) is 16.9 Å². The average molecular weight is 455 g/mol. The van der Waals surface area contributed by atoms with E-state index in [2.05, 4.69) is 10.3 Å². The van der Waals surface area contributed by atoms with Gasteiger partial charge in [0.25, 0.3) is 5.91 Å². The predicted molar refractivity (Wildman–Crippen MR) is 128 cm³/mol. The summed E-state index contributed by atoms with van der Waals surface area (Å²) in [6.45, 7) is 4.38. The first-order chi connectivity index (χ1) is 15.3. The number of nitrogens with one attached hydrogen (secondary N) is 2. The smallest absolute Gasteiger partial charge is 0.251 e. The number of halogens is 1. The predicted octanol–water partition coefficient (Wildman–Crippen LogP) is 4.64. The van der Waals surface area contributed by atoms with E-state index < -0.39 is 0 Å². The lowest BCUT2D eigenvalue weighted by atomic mass is 9.97. The number of alkyl halides is 1. The fourth-order valence-electron chi connectivity index (χ4n) is 4.37. The third-order valence-electron chi connectivity index (χ3n) is 5.91. The molecule has 2 aromatic heterocycles. The van der Waals surface area contributed by atoms with Crippen molar-refractivity contribution in [1.29, 1.82) is 0 Å². The molecule has 0 saturated carbocycles. The number of carbonyl (C=O) groups excluding carboxylic acids is 2. The van der Waals surface area contributed by atoms with Crippen LogP contribution < -0.4 is 10.2 Å². The van der Waals surface area contributed by atoms with Gasteiger partial charge < -0.3 is 24.9 Å². The Labute approximate surface area is 191 Å². The molecule has 1 unspecified atom stereocenters. The van der Waals surface area contributed by atoms with Gasteiger partial charge in [-0.15, -0.1) is 11.6 Å². The molecule has 1 aliphatic heterocycles. The molecule has 0 saturated heterocycles. The summed E-state index contributed by atoms with van der Waals surface area (Å²) in [6, 6.07) is 3.46. The van der Waals surface area contributed by atoms with Crippen LogP contribution in [0, 0.1) is 6.92 Å². The molecule has 32 heavy (non-hydrogen) atoms. The molecule has 2 amide bonds. The van der Waals surface area contributed by atoms with E-state index in [1.807, 2.05) is 43.9 Å². The SMILES string of the molecule is CCCC(=O)Nc1cc(/C=C/C(=O)N2CC(CCl)c3c2cc(O)c2[nH]cc(C)c32)n(C)c1. The average Bonchev–Trinajstić information content (AvgIpc) is 3.41. The molecule has 0 aliphatic carbocycles. The van der Waals surface area contributed by atoms with Crippen LogP contribution in [-0.2, 0) is 16.6 Å². The topological polar surface area (TPSA) is 90.4 Å². The standard InChI is InChI=1S/C24H27ClN4O3/c1-4-5-20(31)27-16-8-17(28(3)13-16)6-7-21(32)29-12-15(10-25)23-18(29)9-19(30)24-22(23)14(2)11-26-24/h6-9,11,13,15,26,30H,4-5,10,12H2,1-3H3,(H,27,31)/b7-6+. The van der Waals surface area contributed by atoms with Crippen molar-refractivity contribution in [3.8, 4) is 5.75 Å². The highest BCUT2D eigenvalue weighted by molar-refractivity contribution is 6.19. The molecule has 168 valence electrons. The lowest BCUT2D eigenvalue weighted by molar-refractivity contribution is -0.116. The van der Waals surface area contributed by atoms with Crippen LogP contribution in [0.25, 0.3) is 17.0 Å². The fraction of sp³-hybridized carbons (Fsp3) is 0.333. The van der Waals surface area contributed by atoms with Crippen molar-refractivity contribution < 1.29 is 14.7 Å². The highest BCUT2D eigenvalue weighted by Crippen LogP contribution is 2.46. The summed E-state index contributed by atoms with van der Waals surface area (Å²) in [5.74, 6) is 0.250. The summed E-state index contributed by atoms with van der Waals surface area (Å²) in [5, 5.41) is 14.3. The van der Waals surface area contributed by atoms with E-state index in [1.54, 1.807) is 17.0 Å². The first kappa shape index (κ1) is 22.0. The molecule has 1 atom stereocenters. The molecule has 4 rings (SSSR count). The maximum absolute atomic E-state index is 13.1. The Balaban J connectivity index is 1.61. The van der Waals surface area contributed by atoms with Gasteiger partial charge in [-0.2, -0.15) is 0 Å². The molecular formula is C24H27ClN4O3. The first-order valence-electron chi connectivity index (χ1n) is 10.7. The third kappa shape index (κ3) is 3.88. The van der Waals surface area contributed by atoms with E-state index in [0.29, 0.717) is 35.7 Å². The minimum Gasteiger partial charge on any atom is -0.506 e. The lowest BCUT2D eigenvalue weighted by Crippen LogP contribution is -2.28. The van der Waals surface area contributed by atoms with Crippen LogP contribution in [0.5, 0.6) is 5.75 Å². The number of hydrogen-bond donors (Lipinski definition) is 3. The van der Waals surface area contributed by atoms with E-state index in [0.717, 1.165) is 28.6 Å². The number of phenolic OH excluding ortho intramolecular Hbond substituents is 1. The summed E-state index contributed by atoms with van der Waals surface area (Å²) >= 11 is 6.26. The number of benzene rings is 1. The maximum Gasteiger partial charge on any atom is 0.251 e. The van der Waals surface area contributed by atoms with E-state index in [4.69, 9.17) is 11.6 Å². The van der Waals surface area contributed by atoms with Crippen LogP contribution in [0.1, 0.15) is 42.5 Å². The van der Waals surface area contributed by atoms with Crippen molar-refractivity contribution in [2.45, 2.75) is 32.6 Å². The zero-order chi connectivity index (χ0) is 23.0. The number of rotatable bonds is 6. The fourth-order valence-corrected chi connectivity index (χ4v) is 4.62. The number of amides is 2. The molecule has 0 bridgehead atoms. The summed E-state index contributed by atoms with van der Waals surface area (Å²) in [7, 11) is 1.86. The third-order valence-corrected chi connectivity index (χ3v) is 6.28. The Hall–Kier alpha value is -3.19. The Morgan fingerprint density at radius 1 is 1.38 bits per heavy atom. The van der Waals surface area contributed by atoms with Gasteiger partial charge in [-0.1, -0.05) is 6.92 Å². The van der Waals surface area contributed by atoms with Crippen LogP contribution in [0.2, 0.25) is 0 Å². The van der Waals surface area contributed by atoms with Gasteiger partial charge in [-0.3, -0.25) is 9.59 Å². The molecule has 3 aromatic rings. The van der Waals surface area contributed by atoms with Gasteiger partial charge in [-0.05, 0) is 36.6 Å². The minimum atomic E-state index is -0.191. The molecule has 3 heterocycles. The number of fused-ring (bicyclic) bond motifs is 3. The van der Waals surface area contributed by atoms with Gasteiger partial charge in [0.15, 0.2) is 0 Å². The number of hydrogen-bond acceptors (Lipinski definition) is 3. The molecule has 3 N–H and O–H groups in total. The normalized spacial score (nSPS) is 15.6. The number of nitrogens with zero attached hydrogens (tertiary/aromatic N) is 2. The first-order valence-corrected chi connectivity index (χ1v) is 11.2. The number of H-pyrrole nitrogens is 1. The molecule has 7 nitrogen and oxygen atoms in total. The summed E-state index contributed by atoms with van der Waals surface area (Å²) in [4.78, 5) is 29.7. The summed E-state index contributed by atoms with van der Waals surface area (Å²) < 4.78 is 1.85. The van der Waals surface area contributed by atoms with Crippen molar-refractivity contribution in [1.82, 2.24) is 9.55 Å². The molecule has 1 aromatic carbocycles. The minimum absolute atomic E-state index is 0.0166. The zero-order valence-electron chi connectivity index (χ0n) is 18.4. The van der Waals surface area contributed by atoms with E-state index in [1.165, 1.54) is 6.08 Å². The van der Waals surface area contributed by atoms with E-state index >= 15 is 0 Å². The Morgan fingerprint density at radius 3 is 2.88 bits per heavy atom. The Bertz CT molecular complexity index is 1220. The van der Waals surface area contributed by atoms with Crippen LogP contribution in [0.15, 0.2) is 30.6 Å². The summed E-state index contributed by atoms with van der Waals surface area (Å²) in [6.07, 6.45) is 8.16. The van der Waals surface area contributed by atoms with Crippen LogP contribution in [-0.4, -0.2) is 38.9 Å². The van der Waals surface area contributed by atoms with Gasteiger partial charge >= 0.3 is 0 Å². The van der Waals surface area contributed by atoms with Crippen LogP contribution in [0.3, 0.4) is 0 Å². The lowest BCUT2D eigenvalue weighted by Gasteiger charge is -2.16. The van der Waals surface area contributed by atoms with Crippen LogP contribution >= 0.6 is 11.6 Å². The number of anilines is 2. The largest absolute Gasteiger partial charge is 0.506 e. The Kier molecular flexibility index (Phi) is 6.02. The van der Waals surface area contributed by atoms with Crippen molar-refractivity contribution in [3.63, 3.8) is 0 Å². The second-order valence-corrected chi connectivity index (χ2v) is 8.55. The molecule has 1 aliphatic rings. The van der Waals surface area contributed by atoms with Crippen molar-refractivity contribution >= 4 is 51.8 Å². The molecule has 8 heteroatoms. The van der Waals surface area contributed by atoms with Gasteiger partial charge in [0, 0.05) is 67.4 Å². The number of aromatic hydroxyl groups is 1. The molecule has 0 radical (unpaired) electrons. The van der Waals surface area contributed by atoms with Gasteiger partial charge in [-0.25, -0.2) is 0 Å². The van der Waals surface area contributed by atoms with Crippen molar-refractivity contribution in [2.24, 2.45) is 7.05 Å².